The monoisotopic (exact) mass is 346 g/mol. The van der Waals surface area contributed by atoms with E-state index in [1.165, 1.54) is 6.42 Å². The van der Waals surface area contributed by atoms with E-state index in [4.69, 9.17) is 9.84 Å². The molecule has 1 aromatic carbocycles. The second kappa shape index (κ2) is 8.90. The van der Waals surface area contributed by atoms with Gasteiger partial charge in [0.1, 0.15) is 6.61 Å². The summed E-state index contributed by atoms with van der Waals surface area (Å²) in [4.78, 5) is 37.2. The number of carbonyl (C=O) groups excluding carboxylic acids is 3. The molecule has 0 saturated heterocycles. The third kappa shape index (κ3) is 4.54. The fourth-order valence-corrected chi connectivity index (χ4v) is 3.38. The van der Waals surface area contributed by atoms with E-state index in [1.54, 1.807) is 24.3 Å². The van der Waals surface area contributed by atoms with Gasteiger partial charge < -0.3 is 9.84 Å². The maximum absolute atomic E-state index is 13.0. The molecular formula is C20H26O5. The summed E-state index contributed by atoms with van der Waals surface area (Å²) in [6, 6.07) is 6.62. The van der Waals surface area contributed by atoms with Gasteiger partial charge in [-0.25, -0.2) is 4.79 Å². The number of Topliss-reactive ketones (excluding diaryl/α,β-unsaturated/α-hetero) is 2. The smallest absolute Gasteiger partial charge is 0.332 e. The van der Waals surface area contributed by atoms with Crippen LogP contribution in [0.15, 0.2) is 24.3 Å². The van der Waals surface area contributed by atoms with Gasteiger partial charge in [-0.3, -0.25) is 9.59 Å². The molecule has 1 atom stereocenters. The second-order valence-corrected chi connectivity index (χ2v) is 6.62. The van der Waals surface area contributed by atoms with Gasteiger partial charge in [0.05, 0.1) is 6.42 Å². The Hall–Kier alpha value is -2.01. The highest BCUT2D eigenvalue weighted by Gasteiger charge is 2.48. The standard InChI is InChI=1S/C20H26O5/c1-2-3-4-5-6-9-12-20(25-18(23)14-21)13-17(22)15-10-7-8-11-16(15)19(20)24/h7-8,10-11,21H,2-6,9,12-14H2,1H3. The molecule has 0 aromatic heterocycles. The first-order valence-electron chi connectivity index (χ1n) is 9.04. The summed E-state index contributed by atoms with van der Waals surface area (Å²) in [5, 5.41) is 9.03. The average Bonchev–Trinajstić information content (AvgIpc) is 2.62. The zero-order valence-electron chi connectivity index (χ0n) is 14.8. The van der Waals surface area contributed by atoms with Crippen LogP contribution in [0, 0.1) is 0 Å². The van der Waals surface area contributed by atoms with E-state index in [-0.39, 0.29) is 18.0 Å². The lowest BCUT2D eigenvalue weighted by Crippen LogP contribution is -2.49. The molecule has 1 aromatic rings. The van der Waals surface area contributed by atoms with Crippen molar-refractivity contribution < 1.29 is 24.2 Å². The average molecular weight is 346 g/mol. The molecule has 0 bridgehead atoms. The van der Waals surface area contributed by atoms with Crippen LogP contribution in [-0.4, -0.2) is 34.9 Å². The van der Waals surface area contributed by atoms with Gasteiger partial charge in [-0.1, -0.05) is 63.3 Å². The van der Waals surface area contributed by atoms with Gasteiger partial charge in [0.2, 0.25) is 5.78 Å². The fraction of sp³-hybridized carbons (Fsp3) is 0.550. The summed E-state index contributed by atoms with van der Waals surface area (Å²) in [5.74, 6) is -1.41. The number of aliphatic hydroxyl groups excluding tert-OH is 1. The van der Waals surface area contributed by atoms with Gasteiger partial charge in [-0.2, -0.15) is 0 Å². The van der Waals surface area contributed by atoms with Gasteiger partial charge in [-0.15, -0.1) is 0 Å². The van der Waals surface area contributed by atoms with Crippen molar-refractivity contribution in [3.8, 4) is 0 Å². The number of hydrogen-bond donors (Lipinski definition) is 1. The Morgan fingerprint density at radius 1 is 1.08 bits per heavy atom. The Kier molecular flexibility index (Phi) is 6.88. The molecule has 2 rings (SSSR count). The van der Waals surface area contributed by atoms with Crippen LogP contribution in [0.4, 0.5) is 0 Å². The number of ether oxygens (including phenoxy) is 1. The third-order valence-electron chi connectivity index (χ3n) is 4.70. The minimum Gasteiger partial charge on any atom is -0.448 e. The maximum atomic E-state index is 13.0. The Morgan fingerprint density at radius 2 is 1.72 bits per heavy atom. The van der Waals surface area contributed by atoms with Crippen molar-refractivity contribution in [3.63, 3.8) is 0 Å². The van der Waals surface area contributed by atoms with Crippen LogP contribution >= 0.6 is 0 Å². The van der Waals surface area contributed by atoms with Crippen LogP contribution in [-0.2, 0) is 9.53 Å². The first-order chi connectivity index (χ1) is 12.0. The number of aliphatic hydroxyl groups is 1. The molecule has 0 heterocycles. The zero-order valence-corrected chi connectivity index (χ0v) is 14.8. The van der Waals surface area contributed by atoms with Crippen LogP contribution in [0.25, 0.3) is 0 Å². The van der Waals surface area contributed by atoms with Gasteiger partial charge in [0.15, 0.2) is 11.4 Å². The van der Waals surface area contributed by atoms with Crippen molar-refractivity contribution in [2.24, 2.45) is 0 Å². The molecule has 0 spiro atoms. The van der Waals surface area contributed by atoms with Crippen molar-refractivity contribution in [1.29, 1.82) is 0 Å². The second-order valence-electron chi connectivity index (χ2n) is 6.62. The number of unbranched alkanes of at least 4 members (excludes halogenated alkanes) is 5. The molecular weight excluding hydrogens is 320 g/mol. The summed E-state index contributed by atoms with van der Waals surface area (Å²) in [6.45, 7) is 1.34. The van der Waals surface area contributed by atoms with Crippen molar-refractivity contribution in [1.82, 2.24) is 0 Å². The lowest BCUT2D eigenvalue weighted by atomic mass is 9.75. The molecule has 1 unspecified atom stereocenters. The number of benzene rings is 1. The molecule has 0 amide bonds. The van der Waals surface area contributed by atoms with Gasteiger partial charge in [-0.05, 0) is 12.8 Å². The van der Waals surface area contributed by atoms with E-state index in [9.17, 15) is 14.4 Å². The fourth-order valence-electron chi connectivity index (χ4n) is 3.38. The quantitative estimate of drug-likeness (QED) is 0.547. The zero-order chi connectivity index (χ0) is 18.3. The van der Waals surface area contributed by atoms with E-state index in [1.807, 2.05) is 0 Å². The lowest BCUT2D eigenvalue weighted by molar-refractivity contribution is -0.159. The molecule has 5 nitrogen and oxygen atoms in total. The van der Waals surface area contributed by atoms with E-state index < -0.39 is 18.2 Å². The van der Waals surface area contributed by atoms with Crippen LogP contribution in [0.5, 0.6) is 0 Å². The summed E-state index contributed by atoms with van der Waals surface area (Å²) < 4.78 is 5.34. The molecule has 136 valence electrons. The van der Waals surface area contributed by atoms with Crippen LogP contribution in [0.3, 0.4) is 0 Å². The van der Waals surface area contributed by atoms with Gasteiger partial charge >= 0.3 is 5.97 Å². The Balaban J connectivity index is 2.17. The molecule has 1 N–H and O–H groups in total. The van der Waals surface area contributed by atoms with Gasteiger partial charge in [0.25, 0.3) is 0 Å². The predicted octanol–water partition coefficient (Wildman–Crippen LogP) is 3.48. The summed E-state index contributed by atoms with van der Waals surface area (Å²) >= 11 is 0. The van der Waals surface area contributed by atoms with Gasteiger partial charge in [0, 0.05) is 11.1 Å². The van der Waals surface area contributed by atoms with Crippen molar-refractivity contribution >= 4 is 17.5 Å². The van der Waals surface area contributed by atoms with Crippen molar-refractivity contribution in [2.75, 3.05) is 6.61 Å². The summed E-state index contributed by atoms with van der Waals surface area (Å²) in [6.07, 6.45) is 6.29. The first kappa shape index (κ1) is 19.3. The Bertz CT molecular complexity index is 637. The highest BCUT2D eigenvalue weighted by Crippen LogP contribution is 2.36. The van der Waals surface area contributed by atoms with Crippen LogP contribution in [0.2, 0.25) is 0 Å². The van der Waals surface area contributed by atoms with E-state index in [0.29, 0.717) is 24.0 Å². The summed E-state index contributed by atoms with van der Waals surface area (Å²) in [5.41, 5.74) is -0.794. The van der Waals surface area contributed by atoms with E-state index in [2.05, 4.69) is 6.92 Å². The SMILES string of the molecule is CCCCCCCCC1(OC(=O)CO)CC(=O)c2ccccc2C1=O. The molecule has 0 saturated carbocycles. The largest absolute Gasteiger partial charge is 0.448 e. The van der Waals surface area contributed by atoms with Crippen molar-refractivity contribution in [3.05, 3.63) is 35.4 Å². The molecule has 5 heteroatoms. The number of rotatable bonds is 9. The predicted molar refractivity (Wildman–Crippen MR) is 93.6 cm³/mol. The highest BCUT2D eigenvalue weighted by molar-refractivity contribution is 6.18. The Labute approximate surface area is 148 Å². The molecule has 0 radical (unpaired) electrons. The van der Waals surface area contributed by atoms with Crippen LogP contribution < -0.4 is 0 Å². The number of hydrogen-bond acceptors (Lipinski definition) is 5. The normalized spacial score (nSPS) is 19.6. The van der Waals surface area contributed by atoms with E-state index in [0.717, 1.165) is 25.7 Å². The molecule has 25 heavy (non-hydrogen) atoms. The maximum Gasteiger partial charge on any atom is 0.332 e. The minimum atomic E-state index is -1.48. The summed E-state index contributed by atoms with van der Waals surface area (Å²) in [7, 11) is 0. The number of esters is 1. The molecule has 1 aliphatic rings. The number of carbonyl (C=O) groups is 3. The first-order valence-corrected chi connectivity index (χ1v) is 9.04. The Morgan fingerprint density at radius 3 is 2.40 bits per heavy atom. The van der Waals surface area contributed by atoms with Crippen molar-refractivity contribution in [2.45, 2.75) is 63.9 Å². The molecule has 0 aliphatic heterocycles. The molecule has 1 aliphatic carbocycles. The third-order valence-corrected chi connectivity index (χ3v) is 4.70. The van der Waals surface area contributed by atoms with Crippen LogP contribution in [0.1, 0.15) is 79.0 Å². The highest BCUT2D eigenvalue weighted by atomic mass is 16.6. The molecule has 0 fully saturated rings. The lowest BCUT2D eigenvalue weighted by Gasteiger charge is -2.35. The minimum absolute atomic E-state index is 0.149. The van der Waals surface area contributed by atoms with E-state index >= 15 is 0 Å². The number of ketones is 2. The topological polar surface area (TPSA) is 80.7 Å². The number of fused-ring (bicyclic) bond motifs is 1.